The first-order valence-corrected chi connectivity index (χ1v) is 8.65. The number of sulfone groups is 1. The highest BCUT2D eigenvalue weighted by molar-refractivity contribution is 7.91. The van der Waals surface area contributed by atoms with Gasteiger partial charge in [-0.1, -0.05) is 0 Å². The van der Waals surface area contributed by atoms with Gasteiger partial charge in [0, 0.05) is 12.6 Å². The number of hydrogen-bond donors (Lipinski definition) is 2. The molecule has 1 saturated heterocycles. The molecule has 0 saturated carbocycles. The molecular formula is C13H24N2O5S. The molecular weight excluding hydrogens is 296 g/mol. The summed E-state index contributed by atoms with van der Waals surface area (Å²) in [5, 5.41) is 12.0. The summed E-state index contributed by atoms with van der Waals surface area (Å²) in [6, 6.07) is -0.857. The maximum absolute atomic E-state index is 12.3. The Morgan fingerprint density at radius 1 is 1.24 bits per heavy atom. The zero-order valence-corrected chi connectivity index (χ0v) is 14.0. The van der Waals surface area contributed by atoms with E-state index in [1.807, 2.05) is 0 Å². The van der Waals surface area contributed by atoms with E-state index in [9.17, 15) is 23.1 Å². The highest BCUT2D eigenvalue weighted by Gasteiger charge is 2.45. The summed E-state index contributed by atoms with van der Waals surface area (Å²) < 4.78 is 23.1. The van der Waals surface area contributed by atoms with Crippen molar-refractivity contribution in [3.63, 3.8) is 0 Å². The van der Waals surface area contributed by atoms with E-state index >= 15 is 0 Å². The smallest absolute Gasteiger partial charge is 0.318 e. The van der Waals surface area contributed by atoms with E-state index in [4.69, 9.17) is 0 Å². The molecule has 2 amide bonds. The van der Waals surface area contributed by atoms with E-state index in [0.29, 0.717) is 0 Å². The molecule has 1 atom stereocenters. The van der Waals surface area contributed by atoms with Crippen molar-refractivity contribution in [1.82, 2.24) is 10.2 Å². The van der Waals surface area contributed by atoms with Crippen LogP contribution in [0, 0.1) is 5.41 Å². The Morgan fingerprint density at radius 2 is 1.76 bits per heavy atom. The van der Waals surface area contributed by atoms with Gasteiger partial charge in [-0.25, -0.2) is 13.2 Å². The Balaban J connectivity index is 2.84. The third-order valence-electron chi connectivity index (χ3n) is 4.45. The Kier molecular flexibility index (Phi) is 4.62. The molecule has 1 rings (SSSR count). The van der Waals surface area contributed by atoms with Crippen molar-refractivity contribution < 1.29 is 23.1 Å². The van der Waals surface area contributed by atoms with E-state index in [1.54, 1.807) is 34.6 Å². The largest absolute Gasteiger partial charge is 0.481 e. The lowest BCUT2D eigenvalue weighted by molar-refractivity contribution is -0.150. The van der Waals surface area contributed by atoms with Crippen LogP contribution in [0.25, 0.3) is 0 Å². The van der Waals surface area contributed by atoms with Crippen molar-refractivity contribution in [2.45, 2.75) is 46.2 Å². The minimum atomic E-state index is -3.10. The summed E-state index contributed by atoms with van der Waals surface area (Å²) >= 11 is 0. The lowest BCUT2D eigenvalue weighted by Crippen LogP contribution is -2.62. The predicted molar refractivity (Wildman–Crippen MR) is 78.8 cm³/mol. The number of urea groups is 1. The van der Waals surface area contributed by atoms with Crippen LogP contribution in [0.3, 0.4) is 0 Å². The van der Waals surface area contributed by atoms with Gasteiger partial charge < -0.3 is 15.3 Å². The van der Waals surface area contributed by atoms with Crippen LogP contribution in [0.4, 0.5) is 4.79 Å². The van der Waals surface area contributed by atoms with Crippen LogP contribution >= 0.6 is 0 Å². The molecule has 2 N–H and O–H groups in total. The molecule has 0 spiro atoms. The maximum Gasteiger partial charge on any atom is 0.318 e. The fourth-order valence-corrected chi connectivity index (χ4v) is 3.62. The second-order valence-electron chi connectivity index (χ2n) is 6.64. The number of amides is 2. The highest BCUT2D eigenvalue weighted by atomic mass is 32.2. The summed E-state index contributed by atoms with van der Waals surface area (Å²) in [5.41, 5.74) is -2.14. The fourth-order valence-electron chi connectivity index (χ4n) is 2.06. The summed E-state index contributed by atoms with van der Waals surface area (Å²) in [7, 11) is -3.10. The molecule has 0 aromatic rings. The summed E-state index contributed by atoms with van der Waals surface area (Å²) in [6.45, 7) is 8.17. The molecule has 0 aliphatic carbocycles. The summed E-state index contributed by atoms with van der Waals surface area (Å²) in [5.74, 6) is -1.14. The number of carbonyl (C=O) groups excluding carboxylic acids is 1. The number of rotatable bonds is 3. The van der Waals surface area contributed by atoms with Crippen LogP contribution in [0.5, 0.6) is 0 Å². The van der Waals surface area contributed by atoms with E-state index in [0.717, 1.165) is 0 Å². The number of carbonyl (C=O) groups is 2. The minimum Gasteiger partial charge on any atom is -0.481 e. The molecule has 7 nitrogen and oxygen atoms in total. The highest BCUT2D eigenvalue weighted by Crippen LogP contribution is 2.31. The van der Waals surface area contributed by atoms with Crippen LogP contribution in [0.2, 0.25) is 0 Å². The normalized spacial score (nSPS) is 22.7. The average Bonchev–Trinajstić information content (AvgIpc) is 2.25. The molecule has 122 valence electrons. The molecule has 1 heterocycles. The summed E-state index contributed by atoms with van der Waals surface area (Å²) in [6.07, 6.45) is 0. The zero-order chi connectivity index (χ0) is 16.6. The Hall–Kier alpha value is -1.31. The number of carboxylic acid groups (broad SMARTS) is 1. The molecule has 0 bridgehead atoms. The van der Waals surface area contributed by atoms with Crippen molar-refractivity contribution in [3.8, 4) is 0 Å². The second kappa shape index (κ2) is 5.47. The van der Waals surface area contributed by atoms with Crippen LogP contribution < -0.4 is 5.32 Å². The zero-order valence-electron chi connectivity index (χ0n) is 13.1. The van der Waals surface area contributed by atoms with Gasteiger partial charge in [-0.05, 0) is 34.6 Å². The minimum absolute atomic E-state index is 0.0620. The quantitative estimate of drug-likeness (QED) is 0.797. The number of aliphatic carboxylic acids is 1. The lowest BCUT2D eigenvalue weighted by Gasteiger charge is -2.42. The van der Waals surface area contributed by atoms with E-state index in [1.165, 1.54) is 4.90 Å². The predicted octanol–water partition coefficient (Wildman–Crippen LogP) is 0.704. The van der Waals surface area contributed by atoms with Gasteiger partial charge in [0.25, 0.3) is 0 Å². The molecule has 8 heteroatoms. The van der Waals surface area contributed by atoms with Crippen LogP contribution in [-0.4, -0.2) is 60.1 Å². The number of carboxylic acids is 1. The Labute approximate surface area is 125 Å². The van der Waals surface area contributed by atoms with Gasteiger partial charge in [0.15, 0.2) is 9.84 Å². The summed E-state index contributed by atoms with van der Waals surface area (Å²) in [4.78, 5) is 25.1. The van der Waals surface area contributed by atoms with Gasteiger partial charge in [0.1, 0.15) is 0 Å². The molecule has 0 aromatic heterocycles. The Morgan fingerprint density at radius 3 is 2.19 bits per heavy atom. The molecule has 1 aliphatic heterocycles. The van der Waals surface area contributed by atoms with Crippen molar-refractivity contribution in [1.29, 1.82) is 0 Å². The van der Waals surface area contributed by atoms with Gasteiger partial charge in [0.2, 0.25) is 0 Å². The van der Waals surface area contributed by atoms with Crippen molar-refractivity contribution in [3.05, 3.63) is 0 Å². The molecule has 1 fully saturated rings. The average molecular weight is 320 g/mol. The first-order valence-electron chi connectivity index (χ1n) is 6.83. The first kappa shape index (κ1) is 17.7. The van der Waals surface area contributed by atoms with Gasteiger partial charge in [-0.2, -0.15) is 0 Å². The third kappa shape index (κ3) is 3.66. The van der Waals surface area contributed by atoms with Crippen molar-refractivity contribution in [2.24, 2.45) is 5.41 Å². The molecule has 0 radical (unpaired) electrons. The number of hydrogen-bond acceptors (Lipinski definition) is 4. The van der Waals surface area contributed by atoms with Crippen molar-refractivity contribution in [2.75, 3.05) is 18.1 Å². The van der Waals surface area contributed by atoms with Crippen LogP contribution in [-0.2, 0) is 14.6 Å². The molecule has 1 unspecified atom stereocenters. The van der Waals surface area contributed by atoms with Gasteiger partial charge in [-0.3, -0.25) is 4.79 Å². The SMILES string of the molecule is CC1CS(=O)(=O)CCN1C(=O)NC(C)(C)C(C)(C)C(=O)O. The fraction of sp³-hybridized carbons (Fsp3) is 0.846. The van der Waals surface area contributed by atoms with Gasteiger partial charge in [-0.15, -0.1) is 0 Å². The van der Waals surface area contributed by atoms with E-state index in [2.05, 4.69) is 5.32 Å². The first-order chi connectivity index (χ1) is 9.30. The van der Waals surface area contributed by atoms with Gasteiger partial charge >= 0.3 is 12.0 Å². The standard InChI is InChI=1S/C13H24N2O5S/c1-9-8-21(19,20)7-6-15(9)11(18)14-13(4,5)12(2,3)10(16)17/h9H,6-8H2,1-5H3,(H,14,18)(H,16,17). The molecule has 21 heavy (non-hydrogen) atoms. The number of nitrogens with one attached hydrogen (secondary N) is 1. The third-order valence-corrected chi connectivity index (χ3v) is 6.24. The van der Waals surface area contributed by atoms with Crippen molar-refractivity contribution >= 4 is 21.8 Å². The van der Waals surface area contributed by atoms with Crippen LogP contribution in [0.15, 0.2) is 0 Å². The van der Waals surface area contributed by atoms with Gasteiger partial charge in [0.05, 0.1) is 22.5 Å². The second-order valence-corrected chi connectivity index (χ2v) is 8.87. The topological polar surface area (TPSA) is 104 Å². The van der Waals surface area contributed by atoms with Crippen LogP contribution in [0.1, 0.15) is 34.6 Å². The van der Waals surface area contributed by atoms with E-state index in [-0.39, 0.29) is 18.1 Å². The van der Waals surface area contributed by atoms with E-state index < -0.39 is 38.8 Å². The lowest BCUT2D eigenvalue weighted by atomic mass is 9.74. The number of nitrogens with zero attached hydrogens (tertiary/aromatic N) is 1. The molecule has 0 aromatic carbocycles. The maximum atomic E-state index is 12.3. The Bertz CT molecular complexity index is 539. The monoisotopic (exact) mass is 320 g/mol. The molecule has 1 aliphatic rings.